The van der Waals surface area contributed by atoms with Crippen molar-refractivity contribution in [2.24, 2.45) is 16.5 Å². The molecule has 4 N–H and O–H groups in total. The van der Waals surface area contributed by atoms with Crippen LogP contribution in [0.5, 0.6) is 5.75 Å². The summed E-state index contributed by atoms with van der Waals surface area (Å²) in [5, 5.41) is 2.10. The Bertz CT molecular complexity index is 542. The monoisotopic (exact) mass is 261 g/mol. The van der Waals surface area contributed by atoms with E-state index in [4.69, 9.17) is 16.2 Å². The molecule has 0 atom stereocenters. The van der Waals surface area contributed by atoms with E-state index in [9.17, 15) is 0 Å². The van der Waals surface area contributed by atoms with Gasteiger partial charge in [0.1, 0.15) is 5.75 Å². The average molecular weight is 261 g/mol. The van der Waals surface area contributed by atoms with Crippen molar-refractivity contribution in [2.45, 2.75) is 6.54 Å². The fourth-order valence-corrected chi connectivity index (χ4v) is 2.38. The molecule has 0 radical (unpaired) electrons. The zero-order valence-corrected chi connectivity index (χ0v) is 10.9. The second kappa shape index (κ2) is 5.55. The molecule has 0 saturated carbocycles. The number of rotatable bonds is 4. The van der Waals surface area contributed by atoms with Gasteiger partial charge < -0.3 is 16.2 Å². The molecule has 1 heterocycles. The van der Waals surface area contributed by atoms with Crippen molar-refractivity contribution in [3.8, 4) is 16.9 Å². The molecule has 0 spiro atoms. The summed E-state index contributed by atoms with van der Waals surface area (Å²) in [4.78, 5) is 5.13. The van der Waals surface area contributed by atoms with E-state index in [1.807, 2.05) is 24.3 Å². The Labute approximate surface area is 110 Å². The van der Waals surface area contributed by atoms with E-state index in [1.54, 1.807) is 18.4 Å². The highest BCUT2D eigenvalue weighted by Gasteiger charge is 2.02. The van der Waals surface area contributed by atoms with Gasteiger partial charge in [-0.25, -0.2) is 4.99 Å². The van der Waals surface area contributed by atoms with Gasteiger partial charge in [-0.05, 0) is 34.7 Å². The van der Waals surface area contributed by atoms with Crippen LogP contribution < -0.4 is 16.2 Å². The Hall–Kier alpha value is -2.01. The van der Waals surface area contributed by atoms with E-state index in [0.29, 0.717) is 6.54 Å². The van der Waals surface area contributed by atoms with Gasteiger partial charge in [-0.3, -0.25) is 0 Å². The van der Waals surface area contributed by atoms with Gasteiger partial charge in [0, 0.05) is 4.88 Å². The van der Waals surface area contributed by atoms with Crippen LogP contribution in [0.4, 0.5) is 0 Å². The van der Waals surface area contributed by atoms with E-state index in [2.05, 4.69) is 16.4 Å². The topological polar surface area (TPSA) is 73.6 Å². The van der Waals surface area contributed by atoms with E-state index in [-0.39, 0.29) is 5.96 Å². The van der Waals surface area contributed by atoms with Gasteiger partial charge in [-0.15, -0.1) is 11.3 Å². The molecule has 1 aromatic heterocycles. The van der Waals surface area contributed by atoms with Crippen molar-refractivity contribution in [1.82, 2.24) is 0 Å². The van der Waals surface area contributed by atoms with Crippen LogP contribution in [-0.2, 0) is 6.54 Å². The first kappa shape index (κ1) is 12.4. The molecule has 0 aliphatic carbocycles. The molecular weight excluding hydrogens is 246 g/mol. The lowest BCUT2D eigenvalue weighted by Gasteiger charge is -2.01. The highest BCUT2D eigenvalue weighted by molar-refractivity contribution is 7.10. The molecule has 0 fully saturated rings. The van der Waals surface area contributed by atoms with Crippen LogP contribution in [0.25, 0.3) is 11.1 Å². The van der Waals surface area contributed by atoms with E-state index >= 15 is 0 Å². The fraction of sp³-hybridized carbons (Fsp3) is 0.154. The Kier molecular flexibility index (Phi) is 3.84. The van der Waals surface area contributed by atoms with Gasteiger partial charge in [-0.1, -0.05) is 12.1 Å². The third kappa shape index (κ3) is 3.01. The maximum atomic E-state index is 5.31. The quantitative estimate of drug-likeness (QED) is 0.654. The van der Waals surface area contributed by atoms with Crippen LogP contribution >= 0.6 is 11.3 Å². The highest BCUT2D eigenvalue weighted by Crippen LogP contribution is 2.27. The summed E-state index contributed by atoms with van der Waals surface area (Å²) in [5.41, 5.74) is 12.9. The molecule has 2 rings (SSSR count). The number of nitrogens with zero attached hydrogens (tertiary/aromatic N) is 1. The summed E-state index contributed by atoms with van der Waals surface area (Å²) >= 11 is 1.65. The zero-order valence-electron chi connectivity index (χ0n) is 10.1. The lowest BCUT2D eigenvalue weighted by Crippen LogP contribution is -2.22. The molecule has 0 aliphatic heterocycles. The van der Waals surface area contributed by atoms with Gasteiger partial charge >= 0.3 is 0 Å². The Balaban J connectivity index is 2.15. The smallest absolute Gasteiger partial charge is 0.186 e. The zero-order chi connectivity index (χ0) is 13.0. The van der Waals surface area contributed by atoms with Crippen molar-refractivity contribution in [3.05, 3.63) is 40.6 Å². The molecule has 0 amide bonds. The van der Waals surface area contributed by atoms with Crippen LogP contribution in [0.15, 0.2) is 40.7 Å². The number of ether oxygens (including phenoxy) is 1. The third-order valence-electron chi connectivity index (χ3n) is 2.49. The lowest BCUT2D eigenvalue weighted by atomic mass is 10.1. The first-order valence-electron chi connectivity index (χ1n) is 5.46. The summed E-state index contributed by atoms with van der Waals surface area (Å²) < 4.78 is 5.13. The predicted molar refractivity (Wildman–Crippen MR) is 75.8 cm³/mol. The van der Waals surface area contributed by atoms with Crippen molar-refractivity contribution < 1.29 is 4.74 Å². The number of hydrogen-bond donors (Lipinski definition) is 2. The van der Waals surface area contributed by atoms with Crippen molar-refractivity contribution >= 4 is 17.3 Å². The summed E-state index contributed by atoms with van der Waals surface area (Å²) in [6.45, 7) is 0.531. The van der Waals surface area contributed by atoms with Crippen molar-refractivity contribution in [2.75, 3.05) is 7.11 Å². The largest absolute Gasteiger partial charge is 0.497 e. The molecule has 1 aromatic carbocycles. The second-order valence-electron chi connectivity index (χ2n) is 3.77. The minimum absolute atomic E-state index is 0.120. The first-order valence-corrected chi connectivity index (χ1v) is 6.34. The molecule has 0 unspecified atom stereocenters. The van der Waals surface area contributed by atoms with Crippen molar-refractivity contribution in [1.29, 1.82) is 0 Å². The molecule has 4 nitrogen and oxygen atoms in total. The van der Waals surface area contributed by atoms with Crippen LogP contribution in [0.3, 0.4) is 0 Å². The number of thiophene rings is 1. The summed E-state index contributed by atoms with van der Waals surface area (Å²) in [5.74, 6) is 0.976. The number of methoxy groups -OCH3 is 1. The minimum atomic E-state index is 0.120. The van der Waals surface area contributed by atoms with Gasteiger partial charge in [0.2, 0.25) is 0 Å². The normalized spacial score (nSPS) is 10.1. The van der Waals surface area contributed by atoms with Crippen LogP contribution in [-0.4, -0.2) is 13.1 Å². The Morgan fingerprint density at radius 1 is 1.22 bits per heavy atom. The van der Waals surface area contributed by atoms with Crippen LogP contribution in [0, 0.1) is 0 Å². The maximum absolute atomic E-state index is 5.31. The highest BCUT2D eigenvalue weighted by atomic mass is 32.1. The molecule has 18 heavy (non-hydrogen) atoms. The van der Waals surface area contributed by atoms with Gasteiger partial charge in [0.15, 0.2) is 5.96 Å². The molecule has 0 aliphatic rings. The molecule has 0 bridgehead atoms. The molecule has 5 heteroatoms. The Morgan fingerprint density at radius 3 is 2.56 bits per heavy atom. The predicted octanol–water partition coefficient (Wildman–Crippen LogP) is 2.20. The molecule has 94 valence electrons. The number of benzene rings is 1. The van der Waals surface area contributed by atoms with Crippen LogP contribution in [0.1, 0.15) is 4.88 Å². The van der Waals surface area contributed by atoms with E-state index in [0.717, 1.165) is 16.2 Å². The van der Waals surface area contributed by atoms with Crippen LogP contribution in [0.2, 0.25) is 0 Å². The SMILES string of the molecule is COc1ccc(-c2csc(CN=C(N)N)c2)cc1. The number of guanidine groups is 1. The standard InChI is InChI=1S/C13H15N3OS/c1-17-11-4-2-9(3-5-11)10-6-12(18-8-10)7-16-13(14)15/h2-6,8H,7H2,1H3,(H4,14,15,16). The van der Waals surface area contributed by atoms with E-state index in [1.165, 1.54) is 5.56 Å². The summed E-state index contributed by atoms with van der Waals surface area (Å²) in [6.07, 6.45) is 0. The summed E-state index contributed by atoms with van der Waals surface area (Å²) in [6, 6.07) is 10.1. The van der Waals surface area contributed by atoms with Gasteiger partial charge in [0.25, 0.3) is 0 Å². The molecular formula is C13H15N3OS. The number of nitrogens with two attached hydrogens (primary N) is 2. The number of hydrogen-bond acceptors (Lipinski definition) is 3. The van der Waals surface area contributed by atoms with Gasteiger partial charge in [0.05, 0.1) is 13.7 Å². The maximum Gasteiger partial charge on any atom is 0.186 e. The van der Waals surface area contributed by atoms with E-state index < -0.39 is 0 Å². The molecule has 0 saturated heterocycles. The third-order valence-corrected chi connectivity index (χ3v) is 3.42. The number of aliphatic imine (C=N–C) groups is 1. The molecule has 2 aromatic rings. The Morgan fingerprint density at radius 2 is 1.94 bits per heavy atom. The fourth-order valence-electron chi connectivity index (χ4n) is 1.57. The minimum Gasteiger partial charge on any atom is -0.497 e. The first-order chi connectivity index (χ1) is 8.69. The summed E-state index contributed by atoms with van der Waals surface area (Å²) in [7, 11) is 1.66. The van der Waals surface area contributed by atoms with Gasteiger partial charge in [-0.2, -0.15) is 0 Å². The second-order valence-corrected chi connectivity index (χ2v) is 4.77. The average Bonchev–Trinajstić information content (AvgIpc) is 2.85. The lowest BCUT2D eigenvalue weighted by molar-refractivity contribution is 0.415. The van der Waals surface area contributed by atoms with Crippen molar-refractivity contribution in [3.63, 3.8) is 0 Å².